The third kappa shape index (κ3) is 2.19. The summed E-state index contributed by atoms with van der Waals surface area (Å²) < 4.78 is 0. The number of nitrogens with two attached hydrogens (primary N) is 1. The second-order valence-electron chi connectivity index (χ2n) is 7.57. The van der Waals surface area contributed by atoms with Crippen LogP contribution < -0.4 is 5.84 Å². The molecule has 2 heteroatoms. The van der Waals surface area contributed by atoms with Crippen LogP contribution in [0, 0.1) is 17.8 Å². The molecule has 4 bridgehead atoms. The molecule has 0 unspecified atom stereocenters. The highest BCUT2D eigenvalue weighted by Gasteiger charge is 2.52. The molecule has 1 aromatic rings. The largest absolute Gasteiger partial charge is 0.268 e. The van der Waals surface area contributed by atoms with Crippen molar-refractivity contribution in [2.75, 3.05) is 6.54 Å². The Kier molecular flexibility index (Phi) is 3.12. The fourth-order valence-electron chi connectivity index (χ4n) is 5.55. The van der Waals surface area contributed by atoms with Crippen molar-refractivity contribution in [3.63, 3.8) is 0 Å². The van der Waals surface area contributed by atoms with E-state index in [1.165, 1.54) is 44.1 Å². The number of hydrogen-bond donors (Lipinski definition) is 1. The van der Waals surface area contributed by atoms with Gasteiger partial charge in [0, 0.05) is 12.1 Å². The van der Waals surface area contributed by atoms with Gasteiger partial charge in [-0.2, -0.15) is 0 Å². The van der Waals surface area contributed by atoms with Crippen LogP contribution in [0.2, 0.25) is 0 Å². The molecule has 5 rings (SSSR count). The molecule has 2 nitrogen and oxygen atoms in total. The van der Waals surface area contributed by atoms with Crippen LogP contribution in [0.15, 0.2) is 30.3 Å². The van der Waals surface area contributed by atoms with Crippen molar-refractivity contribution < 1.29 is 0 Å². The number of benzene rings is 1. The molecule has 1 aromatic carbocycles. The van der Waals surface area contributed by atoms with Crippen LogP contribution >= 0.6 is 0 Å². The molecule has 0 amide bonds. The lowest BCUT2D eigenvalue weighted by molar-refractivity contribution is -0.0895. The molecular formula is C18H26N2. The smallest absolute Gasteiger partial charge is 0.0359 e. The lowest BCUT2D eigenvalue weighted by Gasteiger charge is -2.59. The summed E-state index contributed by atoms with van der Waals surface area (Å²) in [5.41, 5.74) is 1.76. The monoisotopic (exact) mass is 270 g/mol. The van der Waals surface area contributed by atoms with Crippen LogP contribution in [-0.2, 0) is 6.42 Å². The summed E-state index contributed by atoms with van der Waals surface area (Å²) in [6, 6.07) is 10.8. The Morgan fingerprint density at radius 1 is 0.950 bits per heavy atom. The zero-order valence-corrected chi connectivity index (χ0v) is 12.3. The van der Waals surface area contributed by atoms with Crippen LogP contribution in [-0.4, -0.2) is 17.1 Å². The summed E-state index contributed by atoms with van der Waals surface area (Å²) in [6.07, 6.45) is 9.65. The Bertz CT molecular complexity index is 432. The zero-order valence-electron chi connectivity index (χ0n) is 12.3. The highest BCUT2D eigenvalue weighted by Crippen LogP contribution is 2.57. The summed E-state index contributed by atoms with van der Waals surface area (Å²) >= 11 is 0. The van der Waals surface area contributed by atoms with Gasteiger partial charge in [0.05, 0.1) is 0 Å². The quantitative estimate of drug-likeness (QED) is 0.671. The van der Waals surface area contributed by atoms with Crippen LogP contribution in [0.5, 0.6) is 0 Å². The summed E-state index contributed by atoms with van der Waals surface area (Å²) in [7, 11) is 0. The van der Waals surface area contributed by atoms with E-state index in [0.717, 1.165) is 30.7 Å². The molecule has 0 heterocycles. The van der Waals surface area contributed by atoms with E-state index in [2.05, 4.69) is 35.3 Å². The number of hydrazine groups is 1. The van der Waals surface area contributed by atoms with Crippen molar-refractivity contribution in [1.82, 2.24) is 5.01 Å². The van der Waals surface area contributed by atoms with Gasteiger partial charge in [-0.25, -0.2) is 5.01 Å². The molecule has 20 heavy (non-hydrogen) atoms. The first-order valence-corrected chi connectivity index (χ1v) is 8.30. The number of hydrogen-bond acceptors (Lipinski definition) is 2. The van der Waals surface area contributed by atoms with Crippen molar-refractivity contribution in [3.05, 3.63) is 35.9 Å². The van der Waals surface area contributed by atoms with E-state index < -0.39 is 0 Å². The van der Waals surface area contributed by atoms with Gasteiger partial charge in [-0.15, -0.1) is 0 Å². The van der Waals surface area contributed by atoms with Gasteiger partial charge >= 0.3 is 0 Å². The highest BCUT2D eigenvalue weighted by molar-refractivity contribution is 5.15. The van der Waals surface area contributed by atoms with E-state index in [1.807, 2.05) is 0 Å². The van der Waals surface area contributed by atoms with Gasteiger partial charge in [0.1, 0.15) is 0 Å². The normalized spacial score (nSPS) is 38.6. The van der Waals surface area contributed by atoms with E-state index in [-0.39, 0.29) is 0 Å². The molecule has 4 saturated carbocycles. The van der Waals surface area contributed by atoms with Crippen molar-refractivity contribution in [2.45, 2.75) is 50.5 Å². The van der Waals surface area contributed by atoms with E-state index in [1.54, 1.807) is 0 Å². The highest BCUT2D eigenvalue weighted by atomic mass is 15.4. The Morgan fingerprint density at radius 3 is 2.05 bits per heavy atom. The standard InChI is InChI=1S/C18H26N2/c19-20(7-6-14-4-2-1-3-5-14)18-11-15-8-16(12-18)10-17(9-15)13-18/h1-5,15-17H,6-13,19H2. The molecule has 0 radical (unpaired) electrons. The Hall–Kier alpha value is -0.860. The predicted molar refractivity (Wildman–Crippen MR) is 81.9 cm³/mol. The molecule has 0 aromatic heterocycles. The fraction of sp³-hybridized carbons (Fsp3) is 0.667. The summed E-state index contributed by atoms with van der Waals surface area (Å²) in [5, 5.41) is 2.24. The van der Waals surface area contributed by atoms with Crippen LogP contribution in [0.25, 0.3) is 0 Å². The molecule has 2 N–H and O–H groups in total. The van der Waals surface area contributed by atoms with Crippen LogP contribution in [0.3, 0.4) is 0 Å². The minimum absolute atomic E-state index is 0.351. The zero-order chi connectivity index (χ0) is 13.6. The van der Waals surface area contributed by atoms with Crippen LogP contribution in [0.4, 0.5) is 0 Å². The first kappa shape index (κ1) is 12.8. The fourth-order valence-corrected chi connectivity index (χ4v) is 5.55. The van der Waals surface area contributed by atoms with Gasteiger partial charge in [0.25, 0.3) is 0 Å². The van der Waals surface area contributed by atoms with E-state index >= 15 is 0 Å². The molecule has 4 fully saturated rings. The third-order valence-corrected chi connectivity index (χ3v) is 6.10. The van der Waals surface area contributed by atoms with Crippen molar-refractivity contribution in [3.8, 4) is 0 Å². The van der Waals surface area contributed by atoms with Gasteiger partial charge in [0.2, 0.25) is 0 Å². The molecule has 4 aliphatic rings. The van der Waals surface area contributed by atoms with Gasteiger partial charge < -0.3 is 0 Å². The summed E-state index contributed by atoms with van der Waals surface area (Å²) in [5.74, 6) is 9.48. The second kappa shape index (κ2) is 4.85. The predicted octanol–water partition coefficient (Wildman–Crippen LogP) is 3.37. The summed E-state index contributed by atoms with van der Waals surface area (Å²) in [4.78, 5) is 0. The average molecular weight is 270 g/mol. The van der Waals surface area contributed by atoms with Crippen LogP contribution in [0.1, 0.15) is 44.1 Å². The first-order chi connectivity index (χ1) is 9.73. The maximum absolute atomic E-state index is 6.55. The Balaban J connectivity index is 1.44. The van der Waals surface area contributed by atoms with Gasteiger partial charge in [-0.3, -0.25) is 5.84 Å². The molecule has 0 atom stereocenters. The average Bonchev–Trinajstić information content (AvgIpc) is 2.44. The lowest BCUT2D eigenvalue weighted by atomic mass is 9.53. The molecule has 0 spiro atoms. The van der Waals surface area contributed by atoms with E-state index in [0.29, 0.717) is 5.54 Å². The minimum atomic E-state index is 0.351. The maximum atomic E-state index is 6.55. The van der Waals surface area contributed by atoms with E-state index in [9.17, 15) is 0 Å². The molecule has 0 saturated heterocycles. The number of rotatable bonds is 4. The third-order valence-electron chi connectivity index (χ3n) is 6.10. The molecular weight excluding hydrogens is 244 g/mol. The van der Waals surface area contributed by atoms with Gasteiger partial charge in [-0.05, 0) is 68.3 Å². The van der Waals surface area contributed by atoms with Crippen molar-refractivity contribution in [1.29, 1.82) is 0 Å². The van der Waals surface area contributed by atoms with Crippen molar-refractivity contribution in [2.24, 2.45) is 23.6 Å². The van der Waals surface area contributed by atoms with Gasteiger partial charge in [0.15, 0.2) is 0 Å². The first-order valence-electron chi connectivity index (χ1n) is 8.30. The SMILES string of the molecule is NN(CCc1ccccc1)C12CC3CC(CC(C3)C1)C2. The van der Waals surface area contributed by atoms with E-state index in [4.69, 9.17) is 5.84 Å². The Labute approximate surface area is 122 Å². The van der Waals surface area contributed by atoms with Gasteiger partial charge in [-0.1, -0.05) is 30.3 Å². The summed E-state index contributed by atoms with van der Waals surface area (Å²) in [6.45, 7) is 1.01. The second-order valence-corrected chi connectivity index (χ2v) is 7.57. The molecule has 4 aliphatic carbocycles. The van der Waals surface area contributed by atoms with Crippen molar-refractivity contribution >= 4 is 0 Å². The number of nitrogens with zero attached hydrogens (tertiary/aromatic N) is 1. The lowest BCUT2D eigenvalue weighted by Crippen LogP contribution is -2.62. The molecule has 108 valence electrons. The molecule has 0 aliphatic heterocycles. The maximum Gasteiger partial charge on any atom is 0.0359 e. The topological polar surface area (TPSA) is 29.3 Å². The Morgan fingerprint density at radius 2 is 1.50 bits per heavy atom. The minimum Gasteiger partial charge on any atom is -0.268 e.